The van der Waals surface area contributed by atoms with Gasteiger partial charge in [-0.2, -0.15) is 0 Å². The van der Waals surface area contributed by atoms with Gasteiger partial charge in [0.15, 0.2) is 0 Å². The standard InChI is InChI=1S/C56H90N6O6/c1-10-25-54(12-3,13-4)60(7)51(66)36-48(63)57-27-19-16-22-42-30-43(23-17-20-28-58-49(64)37-52(67)61(8)55(14-5,15-6)26-11-2)32-44(31-42)24-18-21-29-59-50(65)38-53(68)62(9)56-39-45-33-46(40-56)35-47(34-45)41-56/h10-11,30-32,45-47H,1-2,12-29,33-41H2,3-9H3,(H,57,63)(H,58,64)(H,59,65). The summed E-state index contributed by atoms with van der Waals surface area (Å²) in [7, 11) is 5.51. The van der Waals surface area contributed by atoms with Gasteiger partial charge >= 0.3 is 0 Å². The number of amides is 6. The van der Waals surface area contributed by atoms with Crippen LogP contribution >= 0.6 is 0 Å². The SMILES string of the molecule is C=CCC(CC)(CC)N(C)C(=O)CC(=O)NCCCCc1cc(CCCCNC(=O)CC(=O)N(C)C(CC)(CC)CC=C)cc(CCCCNC(=O)CC(=O)N(C)C23CC4CC(CC(C4)C2)C3)c1. The Balaban J connectivity index is 1.25. The van der Waals surface area contributed by atoms with Crippen LogP contribution in [0.2, 0.25) is 0 Å². The molecule has 4 bridgehead atoms. The van der Waals surface area contributed by atoms with Crippen molar-refractivity contribution in [1.82, 2.24) is 30.7 Å². The lowest BCUT2D eigenvalue weighted by atomic mass is 9.52. The van der Waals surface area contributed by atoms with Gasteiger partial charge in [0.2, 0.25) is 35.4 Å². The lowest BCUT2D eigenvalue weighted by Gasteiger charge is -2.59. The molecule has 0 spiro atoms. The highest BCUT2D eigenvalue weighted by atomic mass is 16.2. The molecule has 12 nitrogen and oxygen atoms in total. The molecule has 1 aromatic rings. The fourth-order valence-corrected chi connectivity index (χ4v) is 12.4. The minimum atomic E-state index is -0.328. The van der Waals surface area contributed by atoms with Gasteiger partial charge in [-0.05, 0) is 169 Å². The molecule has 5 rings (SSSR count). The topological polar surface area (TPSA) is 148 Å². The van der Waals surface area contributed by atoms with Crippen molar-refractivity contribution in [3.05, 3.63) is 60.2 Å². The molecule has 380 valence electrons. The van der Waals surface area contributed by atoms with Crippen LogP contribution in [-0.4, -0.2) is 108 Å². The first-order chi connectivity index (χ1) is 32.5. The van der Waals surface area contributed by atoms with Gasteiger partial charge in [0.05, 0.1) is 0 Å². The summed E-state index contributed by atoms with van der Waals surface area (Å²) in [6.45, 7) is 17.5. The van der Waals surface area contributed by atoms with Gasteiger partial charge in [-0.1, -0.05) is 58.0 Å². The van der Waals surface area contributed by atoms with Gasteiger partial charge in [0.25, 0.3) is 0 Å². The number of nitrogens with one attached hydrogen (secondary N) is 3. The second-order valence-corrected chi connectivity index (χ2v) is 21.0. The Bertz CT molecular complexity index is 1750. The van der Waals surface area contributed by atoms with Crippen LogP contribution in [0.4, 0.5) is 0 Å². The number of carbonyl (C=O) groups excluding carboxylic acids is 6. The molecule has 3 N–H and O–H groups in total. The number of hydrogen-bond acceptors (Lipinski definition) is 6. The van der Waals surface area contributed by atoms with E-state index in [1.165, 1.54) is 36.0 Å². The van der Waals surface area contributed by atoms with E-state index < -0.39 is 0 Å². The molecule has 0 radical (unpaired) electrons. The predicted molar refractivity (Wildman–Crippen MR) is 274 cm³/mol. The maximum absolute atomic E-state index is 13.3. The highest BCUT2D eigenvalue weighted by Gasteiger charge is 2.53. The highest BCUT2D eigenvalue weighted by molar-refractivity contribution is 5.98. The smallest absolute Gasteiger partial charge is 0.232 e. The van der Waals surface area contributed by atoms with Crippen LogP contribution < -0.4 is 16.0 Å². The van der Waals surface area contributed by atoms with Crippen molar-refractivity contribution in [2.75, 3.05) is 40.8 Å². The summed E-state index contributed by atoms with van der Waals surface area (Å²) < 4.78 is 0. The van der Waals surface area contributed by atoms with Crippen molar-refractivity contribution in [2.45, 2.75) is 198 Å². The quantitative estimate of drug-likeness (QED) is 0.0374. The molecule has 68 heavy (non-hydrogen) atoms. The van der Waals surface area contributed by atoms with E-state index in [9.17, 15) is 28.8 Å². The fourth-order valence-electron chi connectivity index (χ4n) is 12.4. The van der Waals surface area contributed by atoms with Gasteiger partial charge in [-0.3, -0.25) is 28.8 Å². The van der Waals surface area contributed by atoms with Gasteiger partial charge in [-0.25, -0.2) is 0 Å². The Morgan fingerprint density at radius 1 is 0.544 bits per heavy atom. The minimum absolute atomic E-state index is 0.0477. The van der Waals surface area contributed by atoms with E-state index in [2.05, 4.69) is 75.0 Å². The Hall–Kier alpha value is -4.48. The Labute approximate surface area is 410 Å². The summed E-state index contributed by atoms with van der Waals surface area (Å²) >= 11 is 0. The number of unbranched alkanes of at least 4 members (excludes halogenated alkanes) is 3. The van der Waals surface area contributed by atoms with Gasteiger partial charge in [0, 0.05) is 57.4 Å². The first-order valence-electron chi connectivity index (χ1n) is 26.5. The summed E-state index contributed by atoms with van der Waals surface area (Å²) in [5.74, 6) is 1.08. The summed E-state index contributed by atoms with van der Waals surface area (Å²) in [6, 6.07) is 6.79. The largest absolute Gasteiger partial charge is 0.356 e. The van der Waals surface area contributed by atoms with E-state index in [1.807, 2.05) is 24.1 Å². The van der Waals surface area contributed by atoms with E-state index in [0.717, 1.165) is 120 Å². The van der Waals surface area contributed by atoms with Crippen molar-refractivity contribution in [1.29, 1.82) is 0 Å². The number of hydrogen-bond donors (Lipinski definition) is 3. The van der Waals surface area contributed by atoms with E-state index in [0.29, 0.717) is 32.5 Å². The molecule has 12 heteroatoms. The van der Waals surface area contributed by atoms with Gasteiger partial charge in [-0.15, -0.1) is 13.2 Å². The number of rotatable bonds is 32. The molecular weight excluding hydrogens is 853 g/mol. The van der Waals surface area contributed by atoms with Crippen molar-refractivity contribution >= 4 is 35.4 Å². The molecule has 6 amide bonds. The van der Waals surface area contributed by atoms with Crippen LogP contribution in [-0.2, 0) is 48.0 Å². The maximum Gasteiger partial charge on any atom is 0.232 e. The number of benzene rings is 1. The average molecular weight is 943 g/mol. The minimum Gasteiger partial charge on any atom is -0.356 e. The van der Waals surface area contributed by atoms with Crippen LogP contribution in [0.3, 0.4) is 0 Å². The third kappa shape index (κ3) is 15.5. The second-order valence-electron chi connectivity index (χ2n) is 21.0. The van der Waals surface area contributed by atoms with Crippen LogP contribution in [0, 0.1) is 17.8 Å². The maximum atomic E-state index is 13.3. The molecule has 0 aromatic heterocycles. The van der Waals surface area contributed by atoms with Gasteiger partial charge in [0.1, 0.15) is 19.3 Å². The lowest BCUT2D eigenvalue weighted by molar-refractivity contribution is -0.149. The number of nitrogens with zero attached hydrogens (tertiary/aromatic N) is 3. The third-order valence-electron chi connectivity index (χ3n) is 16.6. The molecule has 4 aliphatic rings. The lowest BCUT2D eigenvalue weighted by Crippen LogP contribution is -2.60. The normalized spacial score (nSPS) is 19.5. The average Bonchev–Trinajstić information content (AvgIpc) is 3.31. The molecule has 4 fully saturated rings. The predicted octanol–water partition coefficient (Wildman–Crippen LogP) is 8.79. The number of carbonyl (C=O) groups is 6. The van der Waals surface area contributed by atoms with Crippen LogP contribution in [0.1, 0.15) is 179 Å². The molecule has 4 saturated carbocycles. The Kier molecular flexibility index (Phi) is 22.3. The highest BCUT2D eigenvalue weighted by Crippen LogP contribution is 2.57. The molecule has 0 saturated heterocycles. The fraction of sp³-hybridized carbons (Fsp3) is 0.714. The van der Waals surface area contributed by atoms with Gasteiger partial charge < -0.3 is 30.7 Å². The second kappa shape index (κ2) is 27.1. The summed E-state index contributed by atoms with van der Waals surface area (Å²) in [5.41, 5.74) is 3.00. The summed E-state index contributed by atoms with van der Waals surface area (Å²) in [5, 5.41) is 8.93. The van der Waals surface area contributed by atoms with Crippen LogP contribution in [0.15, 0.2) is 43.5 Å². The van der Waals surface area contributed by atoms with E-state index >= 15 is 0 Å². The molecule has 4 aliphatic carbocycles. The van der Waals surface area contributed by atoms with E-state index in [1.54, 1.807) is 23.9 Å². The van der Waals surface area contributed by atoms with Crippen molar-refractivity contribution in [2.24, 2.45) is 17.8 Å². The van der Waals surface area contributed by atoms with E-state index in [4.69, 9.17) is 0 Å². The third-order valence-corrected chi connectivity index (χ3v) is 16.6. The Morgan fingerprint density at radius 3 is 1.15 bits per heavy atom. The molecule has 0 aliphatic heterocycles. The van der Waals surface area contributed by atoms with E-state index in [-0.39, 0.29) is 71.3 Å². The first kappa shape index (κ1) is 56.1. The monoisotopic (exact) mass is 943 g/mol. The van der Waals surface area contributed by atoms with Crippen molar-refractivity contribution < 1.29 is 28.8 Å². The van der Waals surface area contributed by atoms with Crippen LogP contribution in [0.5, 0.6) is 0 Å². The van der Waals surface area contributed by atoms with Crippen LogP contribution in [0.25, 0.3) is 0 Å². The molecule has 0 heterocycles. The van der Waals surface area contributed by atoms with Crippen molar-refractivity contribution in [3.8, 4) is 0 Å². The zero-order valence-electron chi connectivity index (χ0n) is 43.4. The van der Waals surface area contributed by atoms with Crippen molar-refractivity contribution in [3.63, 3.8) is 0 Å². The molecular formula is C56H90N6O6. The number of aryl methyl sites for hydroxylation is 3. The first-order valence-corrected chi connectivity index (χ1v) is 26.5. The molecule has 0 atom stereocenters. The zero-order valence-corrected chi connectivity index (χ0v) is 43.4. The zero-order chi connectivity index (χ0) is 49.9. The molecule has 1 aromatic carbocycles. The summed E-state index contributed by atoms with van der Waals surface area (Å²) in [4.78, 5) is 83.4. The summed E-state index contributed by atoms with van der Waals surface area (Å²) in [6.07, 6.45) is 22.6. The molecule has 0 unspecified atom stereocenters. The Morgan fingerprint density at radius 2 is 0.853 bits per heavy atom.